The molecule has 0 saturated carbocycles. The fraction of sp³-hybridized carbons (Fsp3) is 0.462. The minimum atomic E-state index is -0.784. The first-order valence-electron chi connectivity index (χ1n) is 6.11. The number of carbonyl (C=O) groups is 1. The van der Waals surface area contributed by atoms with E-state index in [9.17, 15) is 13.6 Å². The number of amides is 1. The maximum atomic E-state index is 13.7. The number of nitrogens with zero attached hydrogens (tertiary/aromatic N) is 1. The second-order valence-corrected chi connectivity index (χ2v) is 5.12. The molecule has 0 aromatic heterocycles. The minimum Gasteiger partial charge on any atom is -0.338 e. The van der Waals surface area contributed by atoms with Gasteiger partial charge >= 0.3 is 0 Å². The summed E-state index contributed by atoms with van der Waals surface area (Å²) in [5.74, 6) is -1.69. The number of hydrogen-bond acceptors (Lipinski definition) is 2. The minimum absolute atomic E-state index is 0. The Morgan fingerprint density at radius 1 is 1.45 bits per heavy atom. The van der Waals surface area contributed by atoms with Crippen LogP contribution in [0.4, 0.5) is 8.78 Å². The predicted octanol–water partition coefficient (Wildman–Crippen LogP) is 2.72. The van der Waals surface area contributed by atoms with Crippen LogP contribution in [-0.2, 0) is 0 Å². The van der Waals surface area contributed by atoms with Crippen molar-refractivity contribution in [3.63, 3.8) is 0 Å². The van der Waals surface area contributed by atoms with E-state index >= 15 is 0 Å². The van der Waals surface area contributed by atoms with Gasteiger partial charge in [-0.1, -0.05) is 11.6 Å². The Morgan fingerprint density at radius 3 is 2.80 bits per heavy atom. The van der Waals surface area contributed by atoms with Crippen molar-refractivity contribution in [2.45, 2.75) is 6.42 Å². The van der Waals surface area contributed by atoms with E-state index in [1.54, 1.807) is 4.90 Å². The van der Waals surface area contributed by atoms with Gasteiger partial charge in [-0.3, -0.25) is 4.79 Å². The Morgan fingerprint density at radius 2 is 2.15 bits per heavy atom. The van der Waals surface area contributed by atoms with Gasteiger partial charge in [0.2, 0.25) is 0 Å². The first-order chi connectivity index (χ1) is 9.02. The van der Waals surface area contributed by atoms with Gasteiger partial charge in [0.25, 0.3) is 5.91 Å². The second-order valence-electron chi connectivity index (χ2n) is 4.71. The van der Waals surface area contributed by atoms with E-state index in [2.05, 4.69) is 5.32 Å². The summed E-state index contributed by atoms with van der Waals surface area (Å²) in [7, 11) is 1.85. The molecule has 0 radical (unpaired) electrons. The highest BCUT2D eigenvalue weighted by molar-refractivity contribution is 6.30. The zero-order valence-electron chi connectivity index (χ0n) is 11.0. The number of halogens is 4. The average Bonchev–Trinajstić information content (AvgIpc) is 2.82. The van der Waals surface area contributed by atoms with Crippen molar-refractivity contribution in [2.24, 2.45) is 5.92 Å². The number of likely N-dealkylation sites (tertiary alicyclic amines) is 1. The Balaban J connectivity index is 0.00000200. The van der Waals surface area contributed by atoms with Gasteiger partial charge in [0.1, 0.15) is 11.6 Å². The third-order valence-electron chi connectivity index (χ3n) is 3.31. The molecule has 112 valence electrons. The highest BCUT2D eigenvalue weighted by atomic mass is 35.5. The smallest absolute Gasteiger partial charge is 0.256 e. The molecule has 0 bridgehead atoms. The van der Waals surface area contributed by atoms with Crippen LogP contribution in [0.2, 0.25) is 5.02 Å². The van der Waals surface area contributed by atoms with Crippen molar-refractivity contribution < 1.29 is 13.6 Å². The third kappa shape index (κ3) is 3.59. The van der Waals surface area contributed by atoms with E-state index in [0.717, 1.165) is 25.1 Å². The molecule has 7 heteroatoms. The maximum absolute atomic E-state index is 13.7. The summed E-state index contributed by atoms with van der Waals surface area (Å²) in [4.78, 5) is 13.7. The highest BCUT2D eigenvalue weighted by Gasteiger charge is 2.28. The first-order valence-corrected chi connectivity index (χ1v) is 6.49. The summed E-state index contributed by atoms with van der Waals surface area (Å²) in [6.45, 7) is 1.93. The number of benzene rings is 1. The van der Waals surface area contributed by atoms with Crippen LogP contribution in [0.3, 0.4) is 0 Å². The van der Waals surface area contributed by atoms with Crippen molar-refractivity contribution in [3.05, 3.63) is 34.4 Å². The standard InChI is InChI=1S/C13H15ClF2N2O.ClH/c1-17-6-8-2-3-18(7-8)13(19)9-4-12(16)10(14)5-11(9)15;/h4-5,8,17H,2-3,6-7H2,1H3;1H. The molecule has 1 aromatic rings. The molecule has 1 N–H and O–H groups in total. The van der Waals surface area contributed by atoms with Gasteiger partial charge in [-0.25, -0.2) is 8.78 Å². The molecule has 1 aromatic carbocycles. The van der Waals surface area contributed by atoms with Crippen LogP contribution in [0.5, 0.6) is 0 Å². The van der Waals surface area contributed by atoms with Gasteiger partial charge in [0.05, 0.1) is 10.6 Å². The van der Waals surface area contributed by atoms with Gasteiger partial charge in [0, 0.05) is 13.1 Å². The Bertz CT molecular complexity index is 500. The van der Waals surface area contributed by atoms with Crippen molar-refractivity contribution >= 4 is 29.9 Å². The molecule has 1 aliphatic rings. The zero-order valence-corrected chi connectivity index (χ0v) is 12.5. The van der Waals surface area contributed by atoms with E-state index in [-0.39, 0.29) is 23.0 Å². The summed E-state index contributed by atoms with van der Waals surface area (Å²) in [6, 6.07) is 1.71. The molecule has 1 atom stereocenters. The predicted molar refractivity (Wildman–Crippen MR) is 76.6 cm³/mol. The topological polar surface area (TPSA) is 32.3 Å². The Labute approximate surface area is 127 Å². The van der Waals surface area contributed by atoms with Crippen molar-refractivity contribution in [2.75, 3.05) is 26.7 Å². The van der Waals surface area contributed by atoms with E-state index in [4.69, 9.17) is 11.6 Å². The second kappa shape index (κ2) is 7.20. The lowest BCUT2D eigenvalue weighted by Crippen LogP contribution is -2.31. The maximum Gasteiger partial charge on any atom is 0.256 e. The quantitative estimate of drug-likeness (QED) is 0.867. The number of nitrogens with one attached hydrogen (secondary N) is 1. The van der Waals surface area contributed by atoms with Crippen molar-refractivity contribution in [1.29, 1.82) is 0 Å². The highest BCUT2D eigenvalue weighted by Crippen LogP contribution is 2.23. The zero-order chi connectivity index (χ0) is 14.0. The number of carbonyl (C=O) groups excluding carboxylic acids is 1. The monoisotopic (exact) mass is 324 g/mol. The lowest BCUT2D eigenvalue weighted by atomic mass is 10.1. The molecular formula is C13H16Cl2F2N2O. The van der Waals surface area contributed by atoms with Crippen LogP contribution in [0.15, 0.2) is 12.1 Å². The third-order valence-corrected chi connectivity index (χ3v) is 3.60. The summed E-state index contributed by atoms with van der Waals surface area (Å²) >= 11 is 5.47. The van der Waals surface area contributed by atoms with Crippen molar-refractivity contribution in [1.82, 2.24) is 10.2 Å². The SMILES string of the molecule is CNCC1CCN(C(=O)c2cc(F)c(Cl)cc2F)C1.Cl. The molecule has 1 saturated heterocycles. The van der Waals surface area contributed by atoms with Gasteiger partial charge in [-0.2, -0.15) is 0 Å². The average molecular weight is 325 g/mol. The lowest BCUT2D eigenvalue weighted by molar-refractivity contribution is 0.0782. The van der Waals surface area contributed by atoms with Gasteiger partial charge in [-0.15, -0.1) is 12.4 Å². The molecule has 1 fully saturated rings. The first kappa shape index (κ1) is 17.1. The molecule has 0 aliphatic carbocycles. The van der Waals surface area contributed by atoms with Crippen LogP contribution in [0.25, 0.3) is 0 Å². The number of rotatable bonds is 3. The van der Waals surface area contributed by atoms with Crippen LogP contribution >= 0.6 is 24.0 Å². The fourth-order valence-electron chi connectivity index (χ4n) is 2.33. The van der Waals surface area contributed by atoms with Crippen LogP contribution < -0.4 is 5.32 Å². The molecule has 0 spiro atoms. The molecular weight excluding hydrogens is 309 g/mol. The largest absolute Gasteiger partial charge is 0.338 e. The summed E-state index contributed by atoms with van der Waals surface area (Å²) in [6.07, 6.45) is 0.865. The molecule has 1 unspecified atom stereocenters. The number of hydrogen-bond donors (Lipinski definition) is 1. The normalized spacial score (nSPS) is 18.0. The van der Waals surface area contributed by atoms with E-state index in [0.29, 0.717) is 19.0 Å². The van der Waals surface area contributed by atoms with Gasteiger partial charge in [-0.05, 0) is 38.1 Å². The molecule has 1 aliphatic heterocycles. The molecule has 20 heavy (non-hydrogen) atoms. The fourth-order valence-corrected chi connectivity index (χ4v) is 2.48. The lowest BCUT2D eigenvalue weighted by Gasteiger charge is -2.17. The Kier molecular flexibility index (Phi) is 6.17. The molecule has 3 nitrogen and oxygen atoms in total. The van der Waals surface area contributed by atoms with Crippen LogP contribution in [0, 0.1) is 17.6 Å². The van der Waals surface area contributed by atoms with E-state index < -0.39 is 17.5 Å². The van der Waals surface area contributed by atoms with Crippen molar-refractivity contribution in [3.8, 4) is 0 Å². The van der Waals surface area contributed by atoms with Crippen LogP contribution in [0.1, 0.15) is 16.8 Å². The summed E-state index contributed by atoms with van der Waals surface area (Å²) in [5.41, 5.74) is -0.257. The summed E-state index contributed by atoms with van der Waals surface area (Å²) in [5, 5.41) is 2.73. The molecule has 2 rings (SSSR count). The van der Waals surface area contributed by atoms with Crippen LogP contribution in [-0.4, -0.2) is 37.5 Å². The Hall–Kier alpha value is -0.910. The molecule has 1 heterocycles. The van der Waals surface area contributed by atoms with E-state index in [1.807, 2.05) is 7.05 Å². The van der Waals surface area contributed by atoms with Gasteiger partial charge in [0.15, 0.2) is 0 Å². The van der Waals surface area contributed by atoms with Gasteiger partial charge < -0.3 is 10.2 Å². The van der Waals surface area contributed by atoms with E-state index in [1.165, 1.54) is 0 Å². The summed E-state index contributed by atoms with van der Waals surface area (Å²) < 4.78 is 27.0. The molecule has 1 amide bonds.